The fourth-order valence-electron chi connectivity index (χ4n) is 3.21. The van der Waals surface area contributed by atoms with Crippen molar-refractivity contribution < 1.29 is 19.0 Å². The number of aromatic nitrogens is 3. The Labute approximate surface area is 155 Å². The third-order valence-electron chi connectivity index (χ3n) is 4.64. The topological polar surface area (TPSA) is 80.0 Å². The van der Waals surface area contributed by atoms with Crippen molar-refractivity contribution in [1.82, 2.24) is 19.5 Å². The number of halogens is 1. The highest BCUT2D eigenvalue weighted by Crippen LogP contribution is 2.24. The van der Waals surface area contributed by atoms with Gasteiger partial charge in [-0.05, 0) is 29.7 Å². The molecule has 0 radical (unpaired) electrons. The summed E-state index contributed by atoms with van der Waals surface area (Å²) in [6.07, 6.45) is 5.10. The highest BCUT2D eigenvalue weighted by molar-refractivity contribution is 5.99. The minimum atomic E-state index is -0.305. The average molecular weight is 370 g/mol. The highest BCUT2D eigenvalue weighted by atomic mass is 19.1. The zero-order chi connectivity index (χ0) is 18.8. The maximum atomic E-state index is 13.1. The van der Waals surface area contributed by atoms with Crippen molar-refractivity contribution in [2.45, 2.75) is 12.5 Å². The second-order valence-corrected chi connectivity index (χ2v) is 6.42. The number of aliphatic hydroxyl groups is 1. The van der Waals surface area contributed by atoms with Crippen LogP contribution in [0.2, 0.25) is 0 Å². The summed E-state index contributed by atoms with van der Waals surface area (Å²) in [6.45, 7) is 1.28. The lowest BCUT2D eigenvalue weighted by Gasteiger charge is -2.33. The standard InChI is InChI=1S/C19H19FN4O3/c20-15-3-1-14(2-4-15)17-12-23(6-8-27-17)19(26)16-10-22-24-11-13(5-7-25)9-21-18(16)24/h1-4,9-11,17,25H,5-8,12H2/t17-/m1/s1. The van der Waals surface area contributed by atoms with Crippen LogP contribution in [0.25, 0.3) is 5.65 Å². The number of morpholine rings is 1. The maximum Gasteiger partial charge on any atom is 0.259 e. The largest absolute Gasteiger partial charge is 0.396 e. The summed E-state index contributed by atoms with van der Waals surface area (Å²) >= 11 is 0. The third-order valence-corrected chi connectivity index (χ3v) is 4.64. The molecule has 4 rings (SSSR count). The van der Waals surface area contributed by atoms with E-state index in [2.05, 4.69) is 10.1 Å². The van der Waals surface area contributed by atoms with E-state index in [4.69, 9.17) is 9.84 Å². The van der Waals surface area contributed by atoms with E-state index in [9.17, 15) is 9.18 Å². The molecule has 2 aromatic heterocycles. The van der Waals surface area contributed by atoms with Crippen molar-refractivity contribution >= 4 is 11.6 Å². The second-order valence-electron chi connectivity index (χ2n) is 6.42. The lowest BCUT2D eigenvalue weighted by molar-refractivity contribution is -0.0227. The van der Waals surface area contributed by atoms with Crippen LogP contribution >= 0.6 is 0 Å². The first-order valence-electron chi connectivity index (χ1n) is 8.75. The van der Waals surface area contributed by atoms with Crippen molar-refractivity contribution in [3.8, 4) is 0 Å². The fraction of sp³-hybridized carbons (Fsp3) is 0.316. The molecule has 140 valence electrons. The molecule has 7 nitrogen and oxygen atoms in total. The van der Waals surface area contributed by atoms with E-state index in [1.807, 2.05) is 0 Å². The summed E-state index contributed by atoms with van der Waals surface area (Å²) in [7, 11) is 0. The van der Waals surface area contributed by atoms with Crippen LogP contribution in [-0.4, -0.2) is 56.8 Å². The van der Waals surface area contributed by atoms with E-state index in [1.54, 1.807) is 33.9 Å². The number of benzene rings is 1. The van der Waals surface area contributed by atoms with Crippen LogP contribution in [0.5, 0.6) is 0 Å². The monoisotopic (exact) mass is 370 g/mol. The molecule has 1 saturated heterocycles. The molecular weight excluding hydrogens is 351 g/mol. The van der Waals surface area contributed by atoms with E-state index in [1.165, 1.54) is 18.3 Å². The smallest absolute Gasteiger partial charge is 0.259 e. The second kappa shape index (κ2) is 7.42. The highest BCUT2D eigenvalue weighted by Gasteiger charge is 2.28. The lowest BCUT2D eigenvalue weighted by Crippen LogP contribution is -2.42. The Morgan fingerprint density at radius 1 is 1.30 bits per heavy atom. The number of hydrogen-bond acceptors (Lipinski definition) is 5. The first-order valence-corrected chi connectivity index (χ1v) is 8.75. The number of nitrogens with zero attached hydrogens (tertiary/aromatic N) is 4. The number of carbonyl (C=O) groups excluding carboxylic acids is 1. The average Bonchev–Trinajstić information content (AvgIpc) is 3.11. The Hall–Kier alpha value is -2.84. The molecule has 1 aliphatic heterocycles. The van der Waals surface area contributed by atoms with Gasteiger partial charge in [0.05, 0.1) is 19.3 Å². The van der Waals surface area contributed by atoms with Gasteiger partial charge in [0.1, 0.15) is 17.5 Å². The third kappa shape index (κ3) is 3.54. The number of amides is 1. The summed E-state index contributed by atoms with van der Waals surface area (Å²) in [5.74, 6) is -0.469. The summed E-state index contributed by atoms with van der Waals surface area (Å²) in [6, 6.07) is 6.12. The van der Waals surface area contributed by atoms with Crippen LogP contribution < -0.4 is 0 Å². The van der Waals surface area contributed by atoms with Crippen LogP contribution in [0.4, 0.5) is 4.39 Å². The van der Waals surface area contributed by atoms with Gasteiger partial charge in [0.15, 0.2) is 5.65 Å². The van der Waals surface area contributed by atoms with Crippen LogP contribution in [-0.2, 0) is 11.2 Å². The molecular formula is C19H19FN4O3. The SMILES string of the molecule is O=C(c1cnn2cc(CCO)cnc12)N1CCO[C@@H](c2ccc(F)cc2)C1. The van der Waals surface area contributed by atoms with Gasteiger partial charge in [0, 0.05) is 25.5 Å². The van der Waals surface area contributed by atoms with Gasteiger partial charge in [0.25, 0.3) is 5.91 Å². The minimum Gasteiger partial charge on any atom is -0.396 e. The predicted molar refractivity (Wildman–Crippen MR) is 94.8 cm³/mol. The maximum absolute atomic E-state index is 13.1. The molecule has 0 bridgehead atoms. The molecule has 1 amide bonds. The molecule has 0 unspecified atom stereocenters. The molecule has 0 spiro atoms. The molecule has 1 aromatic carbocycles. The van der Waals surface area contributed by atoms with Crippen molar-refractivity contribution in [2.75, 3.05) is 26.3 Å². The van der Waals surface area contributed by atoms with Gasteiger partial charge in [-0.2, -0.15) is 5.10 Å². The summed E-state index contributed by atoms with van der Waals surface area (Å²) in [5.41, 5.74) is 2.58. The number of fused-ring (bicyclic) bond motifs is 1. The van der Waals surface area contributed by atoms with Crippen molar-refractivity contribution in [3.05, 3.63) is 65.4 Å². The summed E-state index contributed by atoms with van der Waals surface area (Å²) in [5, 5.41) is 13.3. The van der Waals surface area contributed by atoms with Gasteiger partial charge in [0.2, 0.25) is 0 Å². The van der Waals surface area contributed by atoms with Crippen LogP contribution in [0.15, 0.2) is 42.9 Å². The van der Waals surface area contributed by atoms with E-state index >= 15 is 0 Å². The molecule has 0 saturated carbocycles. The van der Waals surface area contributed by atoms with Crippen molar-refractivity contribution in [2.24, 2.45) is 0 Å². The van der Waals surface area contributed by atoms with E-state index < -0.39 is 0 Å². The predicted octanol–water partition coefficient (Wildman–Crippen LogP) is 1.62. The molecule has 3 heterocycles. The molecule has 1 atom stereocenters. The first kappa shape index (κ1) is 17.6. The first-order chi connectivity index (χ1) is 13.2. The van der Waals surface area contributed by atoms with Gasteiger partial charge in [-0.25, -0.2) is 13.9 Å². The normalized spacial score (nSPS) is 17.4. The number of hydrogen-bond donors (Lipinski definition) is 1. The number of ether oxygens (including phenoxy) is 1. The minimum absolute atomic E-state index is 0.0266. The fourth-order valence-corrected chi connectivity index (χ4v) is 3.21. The Morgan fingerprint density at radius 2 is 2.11 bits per heavy atom. The van der Waals surface area contributed by atoms with Crippen molar-refractivity contribution in [1.29, 1.82) is 0 Å². The molecule has 1 fully saturated rings. The summed E-state index contributed by atoms with van der Waals surface area (Å²) in [4.78, 5) is 19.0. The van der Waals surface area contributed by atoms with Gasteiger partial charge >= 0.3 is 0 Å². The Balaban J connectivity index is 1.55. The van der Waals surface area contributed by atoms with Crippen molar-refractivity contribution in [3.63, 3.8) is 0 Å². The molecule has 8 heteroatoms. The Kier molecular flexibility index (Phi) is 4.83. The Morgan fingerprint density at radius 3 is 2.89 bits per heavy atom. The molecule has 27 heavy (non-hydrogen) atoms. The van der Waals surface area contributed by atoms with E-state index in [-0.39, 0.29) is 24.4 Å². The number of carbonyl (C=O) groups is 1. The van der Waals surface area contributed by atoms with E-state index in [0.29, 0.717) is 37.3 Å². The number of rotatable bonds is 4. The quantitative estimate of drug-likeness (QED) is 0.755. The lowest BCUT2D eigenvalue weighted by atomic mass is 10.1. The number of aliphatic hydroxyl groups excluding tert-OH is 1. The van der Waals surface area contributed by atoms with Gasteiger partial charge in [-0.3, -0.25) is 4.79 Å². The van der Waals surface area contributed by atoms with E-state index in [0.717, 1.165) is 11.1 Å². The van der Waals surface area contributed by atoms with Crippen LogP contribution in [0, 0.1) is 5.82 Å². The van der Waals surface area contributed by atoms with Gasteiger partial charge in [-0.1, -0.05) is 12.1 Å². The molecule has 1 aliphatic rings. The van der Waals surface area contributed by atoms with Gasteiger partial charge in [-0.15, -0.1) is 0 Å². The molecule has 3 aromatic rings. The zero-order valence-electron chi connectivity index (χ0n) is 14.6. The molecule has 0 aliphatic carbocycles. The Bertz CT molecular complexity index is 957. The summed E-state index contributed by atoms with van der Waals surface area (Å²) < 4.78 is 20.4. The van der Waals surface area contributed by atoms with Gasteiger partial charge < -0.3 is 14.7 Å². The zero-order valence-corrected chi connectivity index (χ0v) is 14.6. The van der Waals surface area contributed by atoms with Crippen LogP contribution in [0.1, 0.15) is 27.6 Å². The molecule has 1 N–H and O–H groups in total. The van der Waals surface area contributed by atoms with Crippen LogP contribution in [0.3, 0.4) is 0 Å².